The van der Waals surface area contributed by atoms with Crippen LogP contribution in [0.2, 0.25) is 0 Å². The Bertz CT molecular complexity index is 180. The van der Waals surface area contributed by atoms with E-state index in [-0.39, 0.29) is 0 Å². The van der Waals surface area contributed by atoms with Crippen LogP contribution in [0, 0.1) is 29.1 Å². The van der Waals surface area contributed by atoms with Crippen molar-refractivity contribution in [1.82, 2.24) is 0 Å². The second-order valence-corrected chi connectivity index (χ2v) is 4.42. The summed E-state index contributed by atoms with van der Waals surface area (Å²) >= 11 is 0. The molecule has 4 fully saturated rings. The van der Waals surface area contributed by atoms with Crippen LogP contribution in [0.25, 0.3) is 0 Å². The van der Waals surface area contributed by atoms with Crippen LogP contribution >= 0.6 is 0 Å². The summed E-state index contributed by atoms with van der Waals surface area (Å²) < 4.78 is 0. The Hall–Kier alpha value is 0. The van der Waals surface area contributed by atoms with E-state index in [4.69, 9.17) is 0 Å². The van der Waals surface area contributed by atoms with Gasteiger partial charge in [-0.1, -0.05) is 0 Å². The molecule has 4 rings (SSSR count). The minimum atomic E-state index is 1.04. The first-order valence-corrected chi connectivity index (χ1v) is 3.92. The third-order valence-electron chi connectivity index (χ3n) is 4.44. The fourth-order valence-electron chi connectivity index (χ4n) is 3.96. The van der Waals surface area contributed by atoms with E-state index in [2.05, 4.69) is 0 Å². The van der Waals surface area contributed by atoms with E-state index in [1.165, 1.54) is 23.7 Å². The summed E-state index contributed by atoms with van der Waals surface area (Å²) in [6, 6.07) is 0. The third-order valence-corrected chi connectivity index (χ3v) is 4.44. The minimum absolute atomic E-state index is 1.04. The zero-order valence-electron chi connectivity index (χ0n) is 4.93. The lowest BCUT2D eigenvalue weighted by molar-refractivity contribution is 0.222. The van der Waals surface area contributed by atoms with Crippen molar-refractivity contribution in [2.24, 2.45) is 29.1 Å². The smallest absolute Gasteiger partial charge is 0.0229 e. The van der Waals surface area contributed by atoms with Crippen LogP contribution in [-0.2, 0) is 0 Å². The number of rotatable bonds is 0. The molecule has 0 heteroatoms. The van der Waals surface area contributed by atoms with Gasteiger partial charge in [0.1, 0.15) is 0 Å². The van der Waals surface area contributed by atoms with Gasteiger partial charge in [0, 0.05) is 0 Å². The Morgan fingerprint density at radius 3 is 2.38 bits per heavy atom. The van der Waals surface area contributed by atoms with Crippen molar-refractivity contribution in [3.05, 3.63) is 0 Å². The van der Waals surface area contributed by atoms with Crippen molar-refractivity contribution in [1.29, 1.82) is 0 Å². The van der Waals surface area contributed by atoms with Crippen molar-refractivity contribution in [2.45, 2.75) is 19.3 Å². The van der Waals surface area contributed by atoms with Crippen LogP contribution in [0.4, 0.5) is 0 Å². The van der Waals surface area contributed by atoms with Crippen LogP contribution in [0.1, 0.15) is 19.3 Å². The lowest BCUT2D eigenvalue weighted by Gasteiger charge is -2.26. The highest BCUT2D eigenvalue weighted by atomic mass is 14.9. The van der Waals surface area contributed by atoms with Gasteiger partial charge in [-0.15, -0.1) is 0 Å². The molecule has 4 aliphatic rings. The maximum absolute atomic E-state index is 1.66. The van der Waals surface area contributed by atoms with Crippen molar-refractivity contribution in [3.8, 4) is 0 Å². The van der Waals surface area contributed by atoms with Crippen LogP contribution in [0.5, 0.6) is 0 Å². The largest absolute Gasteiger partial charge is 0.0462 e. The second-order valence-electron chi connectivity index (χ2n) is 4.42. The normalized spacial score (nSPS) is 87.0. The van der Waals surface area contributed by atoms with Crippen LogP contribution in [0.3, 0.4) is 0 Å². The molecule has 0 spiro atoms. The number of hydrogen-bond donors (Lipinski definition) is 0. The molecule has 0 aromatic carbocycles. The maximum atomic E-state index is 1.66. The molecule has 4 unspecified atom stereocenters. The van der Waals surface area contributed by atoms with Crippen molar-refractivity contribution in [2.75, 3.05) is 0 Å². The Kier molecular flexibility index (Phi) is 0.231. The monoisotopic (exact) mass is 106 g/mol. The van der Waals surface area contributed by atoms with Crippen molar-refractivity contribution < 1.29 is 0 Å². The Balaban J connectivity index is 2.05. The zero-order valence-corrected chi connectivity index (χ0v) is 4.93. The average Bonchev–Trinajstić information content (AvgIpc) is 2.54. The highest BCUT2D eigenvalue weighted by molar-refractivity contribution is 5.32. The first-order valence-electron chi connectivity index (χ1n) is 3.92. The van der Waals surface area contributed by atoms with Gasteiger partial charge in [0.2, 0.25) is 0 Å². The lowest BCUT2D eigenvalue weighted by atomic mass is 9.78. The Morgan fingerprint density at radius 2 is 2.00 bits per heavy atom. The van der Waals surface area contributed by atoms with E-state index in [0.29, 0.717) is 0 Å². The number of fused-ring (bicyclic) bond motifs is 2. The van der Waals surface area contributed by atoms with E-state index < -0.39 is 0 Å². The quantitative estimate of drug-likeness (QED) is 0.440. The minimum Gasteiger partial charge on any atom is -0.0462 e. The summed E-state index contributed by atoms with van der Waals surface area (Å²) in [4.78, 5) is 0. The van der Waals surface area contributed by atoms with Gasteiger partial charge in [-0.3, -0.25) is 0 Å². The van der Waals surface area contributed by atoms with Gasteiger partial charge < -0.3 is 0 Å². The summed E-state index contributed by atoms with van der Waals surface area (Å²) in [5, 5.41) is 0. The fourth-order valence-corrected chi connectivity index (χ4v) is 3.96. The van der Waals surface area contributed by atoms with Gasteiger partial charge in [-0.2, -0.15) is 0 Å². The van der Waals surface area contributed by atoms with Gasteiger partial charge in [0.15, 0.2) is 0 Å². The summed E-state index contributed by atoms with van der Waals surface area (Å²) in [6.07, 6.45) is 4.95. The second kappa shape index (κ2) is 0.571. The molecule has 0 saturated heterocycles. The van der Waals surface area contributed by atoms with Gasteiger partial charge in [-0.05, 0) is 48.3 Å². The molecule has 4 saturated carbocycles. The predicted octanol–water partition coefficient (Wildman–Crippen LogP) is 1.66. The van der Waals surface area contributed by atoms with Crippen LogP contribution < -0.4 is 0 Å². The molecule has 0 N–H and O–H groups in total. The maximum Gasteiger partial charge on any atom is -0.0229 e. The van der Waals surface area contributed by atoms with E-state index in [1.807, 2.05) is 0 Å². The highest BCUT2D eigenvalue weighted by Crippen LogP contribution is 2.91. The molecule has 5 atom stereocenters. The molecular weight excluding hydrogens is 96.1 g/mol. The first-order chi connectivity index (χ1) is 3.92. The van der Waals surface area contributed by atoms with Gasteiger partial charge in [0.25, 0.3) is 0 Å². The molecule has 0 nitrogen and oxygen atoms in total. The van der Waals surface area contributed by atoms with Gasteiger partial charge in [-0.25, -0.2) is 0 Å². The topological polar surface area (TPSA) is 0 Å². The van der Waals surface area contributed by atoms with Crippen molar-refractivity contribution in [3.63, 3.8) is 0 Å². The molecule has 4 aliphatic carbocycles. The molecule has 0 radical (unpaired) electrons. The molecule has 0 heterocycles. The Labute approximate surface area is 49.3 Å². The van der Waals surface area contributed by atoms with Crippen LogP contribution in [0.15, 0.2) is 0 Å². The molecule has 0 amide bonds. The van der Waals surface area contributed by atoms with E-state index >= 15 is 0 Å². The molecule has 0 aromatic rings. The standard InChI is InChI=1S/C8H10/c1-4-5-2-8(6(1)4)3-7(5)8/h4-7H,1-3H2/t4?,5?,6?,7-,8?/m0/s1. The molecule has 2 bridgehead atoms. The summed E-state index contributed by atoms with van der Waals surface area (Å²) in [7, 11) is 0. The van der Waals surface area contributed by atoms with E-state index in [0.717, 1.165) is 5.41 Å². The molecule has 0 aromatic heterocycles. The summed E-state index contributed by atoms with van der Waals surface area (Å²) in [6.45, 7) is 0. The zero-order chi connectivity index (χ0) is 4.93. The summed E-state index contributed by atoms with van der Waals surface area (Å²) in [5.41, 5.74) is 1.04. The number of hydrogen-bond acceptors (Lipinski definition) is 0. The predicted molar refractivity (Wildman–Crippen MR) is 30.2 cm³/mol. The highest BCUT2D eigenvalue weighted by Gasteiger charge is 2.84. The Morgan fingerprint density at radius 1 is 1.00 bits per heavy atom. The third kappa shape index (κ3) is 0.130. The van der Waals surface area contributed by atoms with E-state index in [1.54, 1.807) is 19.3 Å². The van der Waals surface area contributed by atoms with Crippen LogP contribution in [-0.4, -0.2) is 0 Å². The fraction of sp³-hybridized carbons (Fsp3) is 1.00. The van der Waals surface area contributed by atoms with Gasteiger partial charge >= 0.3 is 0 Å². The van der Waals surface area contributed by atoms with E-state index in [9.17, 15) is 0 Å². The molecule has 0 aliphatic heterocycles. The first kappa shape index (κ1) is 3.24. The average molecular weight is 106 g/mol. The molecule has 42 valence electrons. The lowest BCUT2D eigenvalue weighted by Crippen LogP contribution is -2.19. The molecule has 8 heavy (non-hydrogen) atoms. The molecular formula is C8H10. The van der Waals surface area contributed by atoms with Crippen molar-refractivity contribution >= 4 is 0 Å². The summed E-state index contributed by atoms with van der Waals surface area (Å²) in [5.74, 6) is 5.09. The van der Waals surface area contributed by atoms with Gasteiger partial charge in [0.05, 0.1) is 0 Å². The SMILES string of the molecule is C1C2C3CC4(C[C@@H]34)C12.